The number of methoxy groups -OCH3 is 2. The molecule has 2 heterocycles. The maximum Gasteiger partial charge on any atom is 0.336 e. The summed E-state index contributed by atoms with van der Waals surface area (Å²) in [7, 11) is 3.24. The molecule has 28 heavy (non-hydrogen) atoms. The fourth-order valence-corrected chi connectivity index (χ4v) is 3.76. The Hall–Kier alpha value is -3.15. The molecule has 1 aliphatic rings. The molecular formula is C22H23NO5. The Morgan fingerprint density at radius 1 is 1.11 bits per heavy atom. The van der Waals surface area contributed by atoms with E-state index in [1.807, 2.05) is 32.0 Å². The molecule has 2 aromatic carbocycles. The van der Waals surface area contributed by atoms with Crippen LogP contribution in [0.1, 0.15) is 23.6 Å². The number of aryl methyl sites for hydroxylation is 2. The van der Waals surface area contributed by atoms with Gasteiger partial charge in [0.1, 0.15) is 11.3 Å². The third-order valence-electron chi connectivity index (χ3n) is 5.22. The SMILES string of the molecule is CCc1cc(=O)oc2c(C)c3c(cc12)CN(c1ccc(OC)c(OC)c1)CO3. The fraction of sp³-hybridized carbons (Fsp3) is 0.318. The second kappa shape index (κ2) is 7.11. The number of anilines is 1. The van der Waals surface area contributed by atoms with Gasteiger partial charge in [-0.3, -0.25) is 0 Å². The van der Waals surface area contributed by atoms with Crippen LogP contribution in [-0.4, -0.2) is 21.0 Å². The number of ether oxygens (including phenoxy) is 3. The zero-order valence-electron chi connectivity index (χ0n) is 16.5. The van der Waals surface area contributed by atoms with Gasteiger partial charge in [0.05, 0.1) is 14.2 Å². The Kier molecular flexibility index (Phi) is 4.63. The molecule has 0 bridgehead atoms. The van der Waals surface area contributed by atoms with Gasteiger partial charge in [-0.2, -0.15) is 0 Å². The second-order valence-corrected chi connectivity index (χ2v) is 6.82. The van der Waals surface area contributed by atoms with E-state index in [2.05, 4.69) is 11.0 Å². The highest BCUT2D eigenvalue weighted by Gasteiger charge is 2.23. The Balaban J connectivity index is 1.77. The van der Waals surface area contributed by atoms with E-state index in [0.29, 0.717) is 30.4 Å². The Bertz CT molecular complexity index is 1100. The van der Waals surface area contributed by atoms with E-state index in [0.717, 1.165) is 39.9 Å². The summed E-state index contributed by atoms with van der Waals surface area (Å²) in [6, 6.07) is 9.47. The number of fused-ring (bicyclic) bond motifs is 2. The summed E-state index contributed by atoms with van der Waals surface area (Å²) in [6.45, 7) is 5.06. The normalized spacial score (nSPS) is 13.2. The maximum atomic E-state index is 11.9. The standard InChI is InChI=1S/C22H23NO5/c1-5-14-9-20(24)28-22-13(2)21-15(8-17(14)22)11-23(12-27-21)16-6-7-18(25-3)19(10-16)26-4/h6-10H,5,11-12H2,1-4H3. The first-order valence-corrected chi connectivity index (χ1v) is 9.24. The molecule has 0 N–H and O–H groups in total. The van der Waals surface area contributed by atoms with Crippen molar-refractivity contribution in [1.82, 2.24) is 0 Å². The number of nitrogens with zero attached hydrogens (tertiary/aromatic N) is 1. The van der Waals surface area contributed by atoms with E-state index < -0.39 is 0 Å². The molecule has 0 fully saturated rings. The molecule has 146 valence electrons. The first-order chi connectivity index (χ1) is 13.5. The van der Waals surface area contributed by atoms with Crippen LogP contribution >= 0.6 is 0 Å². The summed E-state index contributed by atoms with van der Waals surface area (Å²) < 4.78 is 22.3. The van der Waals surface area contributed by atoms with Crippen LogP contribution in [-0.2, 0) is 13.0 Å². The minimum absolute atomic E-state index is 0.324. The summed E-state index contributed by atoms with van der Waals surface area (Å²) >= 11 is 0. The van der Waals surface area contributed by atoms with Crippen molar-refractivity contribution in [2.24, 2.45) is 0 Å². The Labute approximate surface area is 163 Å². The van der Waals surface area contributed by atoms with Gasteiger partial charge in [0.2, 0.25) is 0 Å². The van der Waals surface area contributed by atoms with Crippen LogP contribution < -0.4 is 24.7 Å². The van der Waals surface area contributed by atoms with Crippen LogP contribution in [0.4, 0.5) is 5.69 Å². The molecule has 6 heteroatoms. The highest BCUT2D eigenvalue weighted by Crippen LogP contribution is 2.38. The largest absolute Gasteiger partial charge is 0.493 e. The average Bonchev–Trinajstić information content (AvgIpc) is 2.73. The average molecular weight is 381 g/mol. The Morgan fingerprint density at radius 3 is 2.61 bits per heavy atom. The zero-order chi connectivity index (χ0) is 19.8. The van der Waals surface area contributed by atoms with Gasteiger partial charge >= 0.3 is 5.63 Å². The van der Waals surface area contributed by atoms with Crippen molar-refractivity contribution in [3.63, 3.8) is 0 Å². The molecule has 0 unspecified atom stereocenters. The van der Waals surface area contributed by atoms with Crippen molar-refractivity contribution in [3.8, 4) is 17.2 Å². The van der Waals surface area contributed by atoms with E-state index in [-0.39, 0.29) is 5.63 Å². The molecule has 0 saturated carbocycles. The summed E-state index contributed by atoms with van der Waals surface area (Å²) in [5.41, 5.74) is 4.19. The van der Waals surface area contributed by atoms with Crippen LogP contribution in [0.25, 0.3) is 11.0 Å². The molecule has 6 nitrogen and oxygen atoms in total. The molecular weight excluding hydrogens is 358 g/mol. The highest BCUT2D eigenvalue weighted by atomic mass is 16.5. The maximum absolute atomic E-state index is 11.9. The number of hydrogen-bond donors (Lipinski definition) is 0. The van der Waals surface area contributed by atoms with E-state index in [1.165, 1.54) is 0 Å². The quantitative estimate of drug-likeness (QED) is 0.636. The van der Waals surface area contributed by atoms with E-state index >= 15 is 0 Å². The number of benzene rings is 2. The van der Waals surface area contributed by atoms with Gasteiger partial charge in [0, 0.05) is 40.9 Å². The molecule has 0 amide bonds. The van der Waals surface area contributed by atoms with E-state index in [4.69, 9.17) is 18.6 Å². The van der Waals surface area contributed by atoms with Crippen LogP contribution in [0.5, 0.6) is 17.2 Å². The lowest BCUT2D eigenvalue weighted by Gasteiger charge is -2.32. The van der Waals surface area contributed by atoms with Gasteiger partial charge in [0.25, 0.3) is 0 Å². The topological polar surface area (TPSA) is 61.1 Å². The number of hydrogen-bond acceptors (Lipinski definition) is 6. The number of rotatable bonds is 4. The second-order valence-electron chi connectivity index (χ2n) is 6.82. The molecule has 1 aliphatic heterocycles. The van der Waals surface area contributed by atoms with Crippen molar-refractivity contribution in [3.05, 3.63) is 57.4 Å². The van der Waals surface area contributed by atoms with E-state index in [9.17, 15) is 4.79 Å². The lowest BCUT2D eigenvalue weighted by molar-refractivity contribution is 0.287. The summed E-state index contributed by atoms with van der Waals surface area (Å²) in [5.74, 6) is 2.16. The lowest BCUT2D eigenvalue weighted by Crippen LogP contribution is -2.32. The predicted molar refractivity (Wildman–Crippen MR) is 108 cm³/mol. The molecule has 0 saturated heterocycles. The first kappa shape index (κ1) is 18.2. The lowest BCUT2D eigenvalue weighted by atomic mass is 9.99. The van der Waals surface area contributed by atoms with Gasteiger partial charge in [0.15, 0.2) is 18.2 Å². The molecule has 4 rings (SSSR count). The third-order valence-corrected chi connectivity index (χ3v) is 5.22. The Morgan fingerprint density at radius 2 is 1.89 bits per heavy atom. The molecule has 0 spiro atoms. The van der Waals surface area contributed by atoms with Crippen molar-refractivity contribution in [2.45, 2.75) is 26.8 Å². The molecule has 3 aromatic rings. The highest BCUT2D eigenvalue weighted by molar-refractivity contribution is 5.86. The summed E-state index contributed by atoms with van der Waals surface area (Å²) in [4.78, 5) is 14.0. The minimum atomic E-state index is -0.324. The van der Waals surface area contributed by atoms with Crippen LogP contribution in [0.3, 0.4) is 0 Å². The van der Waals surface area contributed by atoms with Crippen LogP contribution in [0.15, 0.2) is 39.5 Å². The minimum Gasteiger partial charge on any atom is -0.493 e. The first-order valence-electron chi connectivity index (χ1n) is 9.24. The fourth-order valence-electron chi connectivity index (χ4n) is 3.76. The van der Waals surface area contributed by atoms with Gasteiger partial charge in [-0.15, -0.1) is 0 Å². The smallest absolute Gasteiger partial charge is 0.336 e. The summed E-state index contributed by atoms with van der Waals surface area (Å²) in [5, 5.41) is 0.969. The molecule has 0 radical (unpaired) electrons. The summed E-state index contributed by atoms with van der Waals surface area (Å²) in [6.07, 6.45) is 0.764. The predicted octanol–water partition coefficient (Wildman–Crippen LogP) is 4.04. The molecule has 0 atom stereocenters. The van der Waals surface area contributed by atoms with Gasteiger partial charge in [-0.1, -0.05) is 6.92 Å². The van der Waals surface area contributed by atoms with Crippen molar-refractivity contribution >= 4 is 16.7 Å². The van der Waals surface area contributed by atoms with Crippen molar-refractivity contribution in [2.75, 3.05) is 25.9 Å². The van der Waals surface area contributed by atoms with E-state index in [1.54, 1.807) is 20.3 Å². The van der Waals surface area contributed by atoms with Gasteiger partial charge in [-0.25, -0.2) is 4.79 Å². The third kappa shape index (κ3) is 2.95. The van der Waals surface area contributed by atoms with Gasteiger partial charge < -0.3 is 23.5 Å². The molecule has 0 aliphatic carbocycles. The van der Waals surface area contributed by atoms with Gasteiger partial charge in [-0.05, 0) is 37.1 Å². The zero-order valence-corrected chi connectivity index (χ0v) is 16.5. The van der Waals surface area contributed by atoms with Crippen LogP contribution in [0, 0.1) is 6.92 Å². The monoisotopic (exact) mass is 381 g/mol. The van der Waals surface area contributed by atoms with Crippen molar-refractivity contribution < 1.29 is 18.6 Å². The molecule has 1 aromatic heterocycles. The van der Waals surface area contributed by atoms with Crippen LogP contribution in [0.2, 0.25) is 0 Å². The van der Waals surface area contributed by atoms with Crippen molar-refractivity contribution in [1.29, 1.82) is 0 Å².